The number of ether oxygens (including phenoxy) is 1. The zero-order valence-electron chi connectivity index (χ0n) is 13.8. The lowest BCUT2D eigenvalue weighted by atomic mass is 10.1. The Morgan fingerprint density at radius 3 is 3.09 bits per heavy atom. The lowest BCUT2D eigenvalue weighted by molar-refractivity contribution is -0.0283. The molecule has 0 aliphatic carbocycles. The molecule has 1 aromatic heterocycles. The molecule has 0 saturated carbocycles. The number of amides is 1. The smallest absolute Gasteiger partial charge is 0.267 e. The molecule has 1 aliphatic rings. The van der Waals surface area contributed by atoms with Crippen LogP contribution in [0.2, 0.25) is 0 Å². The quantitative estimate of drug-likeness (QED) is 0.772. The van der Waals surface area contributed by atoms with Gasteiger partial charge in [0.2, 0.25) is 5.56 Å². The van der Waals surface area contributed by atoms with E-state index in [0.29, 0.717) is 6.54 Å². The van der Waals surface area contributed by atoms with Crippen molar-refractivity contribution in [2.75, 3.05) is 32.8 Å². The van der Waals surface area contributed by atoms with Crippen LogP contribution in [0.15, 0.2) is 34.6 Å². The first kappa shape index (κ1) is 17.4. The summed E-state index contributed by atoms with van der Waals surface area (Å²) >= 11 is 0. The molecule has 6 nitrogen and oxygen atoms in total. The van der Waals surface area contributed by atoms with Crippen LogP contribution < -0.4 is 10.9 Å². The SMILES string of the molecule is C/C=C(\C)CN1CCOC(CCNC(=O)c2cccc(=O)[nH]2)C1. The number of H-pyrrole nitrogens is 1. The van der Waals surface area contributed by atoms with E-state index in [0.717, 1.165) is 32.7 Å². The van der Waals surface area contributed by atoms with E-state index in [1.54, 1.807) is 12.1 Å². The molecule has 126 valence electrons. The van der Waals surface area contributed by atoms with Gasteiger partial charge in [0.25, 0.3) is 5.91 Å². The van der Waals surface area contributed by atoms with Gasteiger partial charge in [-0.15, -0.1) is 0 Å². The van der Waals surface area contributed by atoms with E-state index in [9.17, 15) is 9.59 Å². The largest absolute Gasteiger partial charge is 0.375 e. The fourth-order valence-corrected chi connectivity index (χ4v) is 2.56. The maximum Gasteiger partial charge on any atom is 0.267 e. The van der Waals surface area contributed by atoms with Gasteiger partial charge in [-0.05, 0) is 26.3 Å². The van der Waals surface area contributed by atoms with E-state index in [1.165, 1.54) is 11.6 Å². The molecule has 1 fully saturated rings. The number of carbonyl (C=O) groups excluding carboxylic acids is 1. The van der Waals surface area contributed by atoms with Gasteiger partial charge < -0.3 is 15.0 Å². The first-order chi connectivity index (χ1) is 11.1. The van der Waals surface area contributed by atoms with Gasteiger partial charge in [0.05, 0.1) is 12.7 Å². The molecule has 1 amide bonds. The first-order valence-electron chi connectivity index (χ1n) is 8.01. The molecule has 1 aromatic rings. The van der Waals surface area contributed by atoms with Crippen molar-refractivity contribution in [3.8, 4) is 0 Å². The summed E-state index contributed by atoms with van der Waals surface area (Å²) in [6.07, 6.45) is 3.02. The number of nitrogens with one attached hydrogen (secondary N) is 2. The van der Waals surface area contributed by atoms with E-state index < -0.39 is 0 Å². The van der Waals surface area contributed by atoms with Crippen LogP contribution in [-0.2, 0) is 4.74 Å². The number of aromatic nitrogens is 1. The summed E-state index contributed by atoms with van der Waals surface area (Å²) in [5.41, 5.74) is 1.36. The molecule has 1 saturated heterocycles. The highest BCUT2D eigenvalue weighted by molar-refractivity contribution is 5.92. The highest BCUT2D eigenvalue weighted by atomic mass is 16.5. The molecule has 0 aromatic carbocycles. The molecule has 2 N–H and O–H groups in total. The van der Waals surface area contributed by atoms with Gasteiger partial charge in [-0.3, -0.25) is 14.5 Å². The van der Waals surface area contributed by atoms with E-state index in [2.05, 4.69) is 35.1 Å². The minimum Gasteiger partial charge on any atom is -0.375 e. The Morgan fingerprint density at radius 1 is 1.52 bits per heavy atom. The third kappa shape index (κ3) is 5.65. The number of hydrogen-bond donors (Lipinski definition) is 2. The highest BCUT2D eigenvalue weighted by Crippen LogP contribution is 2.10. The summed E-state index contributed by atoms with van der Waals surface area (Å²) in [6.45, 7) is 8.22. The Morgan fingerprint density at radius 2 is 2.35 bits per heavy atom. The van der Waals surface area contributed by atoms with Crippen LogP contribution in [0.4, 0.5) is 0 Å². The normalized spacial score (nSPS) is 19.6. The molecule has 6 heteroatoms. The Balaban J connectivity index is 1.75. The van der Waals surface area contributed by atoms with Crippen LogP contribution in [0, 0.1) is 0 Å². The zero-order chi connectivity index (χ0) is 16.7. The highest BCUT2D eigenvalue weighted by Gasteiger charge is 2.20. The van der Waals surface area contributed by atoms with E-state index in [4.69, 9.17) is 4.74 Å². The lowest BCUT2D eigenvalue weighted by Gasteiger charge is -2.33. The van der Waals surface area contributed by atoms with Crippen LogP contribution in [0.5, 0.6) is 0 Å². The Hall–Kier alpha value is -1.92. The fraction of sp³-hybridized carbons (Fsp3) is 0.529. The maximum absolute atomic E-state index is 11.9. The van der Waals surface area contributed by atoms with Gasteiger partial charge in [-0.1, -0.05) is 17.7 Å². The number of allylic oxidation sites excluding steroid dienone is 1. The Labute approximate surface area is 136 Å². The van der Waals surface area contributed by atoms with Gasteiger partial charge in [-0.25, -0.2) is 0 Å². The summed E-state index contributed by atoms with van der Waals surface area (Å²) in [4.78, 5) is 28.0. The molecule has 1 unspecified atom stereocenters. The van der Waals surface area contributed by atoms with Crippen molar-refractivity contribution in [3.63, 3.8) is 0 Å². The van der Waals surface area contributed by atoms with Gasteiger partial charge in [-0.2, -0.15) is 0 Å². The first-order valence-corrected chi connectivity index (χ1v) is 8.01. The third-order valence-corrected chi connectivity index (χ3v) is 3.95. The zero-order valence-corrected chi connectivity index (χ0v) is 13.8. The van der Waals surface area contributed by atoms with Crippen molar-refractivity contribution >= 4 is 5.91 Å². The molecular formula is C17H25N3O3. The molecule has 2 heterocycles. The molecule has 1 atom stereocenters. The molecule has 0 spiro atoms. The number of rotatable bonds is 6. The van der Waals surface area contributed by atoms with Gasteiger partial charge in [0, 0.05) is 32.2 Å². The predicted molar refractivity (Wildman–Crippen MR) is 89.6 cm³/mol. The van der Waals surface area contributed by atoms with Crippen LogP contribution in [0.3, 0.4) is 0 Å². The Bertz CT molecular complexity index is 609. The lowest BCUT2D eigenvalue weighted by Crippen LogP contribution is -2.44. The molecule has 0 radical (unpaired) electrons. The summed E-state index contributed by atoms with van der Waals surface area (Å²) in [5.74, 6) is -0.264. The second-order valence-electron chi connectivity index (χ2n) is 5.84. The van der Waals surface area contributed by atoms with Gasteiger partial charge in [0.1, 0.15) is 5.69 Å². The molecular weight excluding hydrogens is 294 g/mol. The average molecular weight is 319 g/mol. The van der Waals surface area contributed by atoms with Crippen LogP contribution in [-0.4, -0.2) is 54.7 Å². The van der Waals surface area contributed by atoms with E-state index in [1.807, 2.05) is 0 Å². The van der Waals surface area contributed by atoms with Crippen molar-refractivity contribution < 1.29 is 9.53 Å². The summed E-state index contributed by atoms with van der Waals surface area (Å²) in [6, 6.07) is 4.54. The van der Waals surface area contributed by atoms with Crippen molar-refractivity contribution in [2.24, 2.45) is 0 Å². The summed E-state index contributed by atoms with van der Waals surface area (Å²) in [7, 11) is 0. The van der Waals surface area contributed by atoms with Gasteiger partial charge >= 0.3 is 0 Å². The topological polar surface area (TPSA) is 74.4 Å². The predicted octanol–water partition coefficient (Wildman–Crippen LogP) is 1.16. The number of aromatic amines is 1. The average Bonchev–Trinajstić information content (AvgIpc) is 2.55. The van der Waals surface area contributed by atoms with E-state index in [-0.39, 0.29) is 23.3 Å². The number of hydrogen-bond acceptors (Lipinski definition) is 4. The van der Waals surface area contributed by atoms with E-state index >= 15 is 0 Å². The minimum absolute atomic E-state index is 0.128. The number of nitrogens with zero attached hydrogens (tertiary/aromatic N) is 1. The minimum atomic E-state index is -0.275. The van der Waals surface area contributed by atoms with Crippen LogP contribution >= 0.6 is 0 Å². The van der Waals surface area contributed by atoms with Crippen molar-refractivity contribution in [1.29, 1.82) is 0 Å². The van der Waals surface area contributed by atoms with Crippen LogP contribution in [0.1, 0.15) is 30.8 Å². The Kier molecular flexibility index (Phi) is 6.55. The number of pyridine rings is 1. The summed E-state index contributed by atoms with van der Waals surface area (Å²) in [5, 5.41) is 2.82. The van der Waals surface area contributed by atoms with Gasteiger partial charge in [0.15, 0.2) is 0 Å². The summed E-state index contributed by atoms with van der Waals surface area (Å²) < 4.78 is 5.76. The van der Waals surface area contributed by atoms with Crippen molar-refractivity contribution in [1.82, 2.24) is 15.2 Å². The third-order valence-electron chi connectivity index (χ3n) is 3.95. The molecule has 0 bridgehead atoms. The second-order valence-corrected chi connectivity index (χ2v) is 5.84. The second kappa shape index (κ2) is 8.64. The van der Waals surface area contributed by atoms with Crippen LogP contribution in [0.25, 0.3) is 0 Å². The maximum atomic E-state index is 11.9. The number of carbonyl (C=O) groups is 1. The van der Waals surface area contributed by atoms with Crippen molar-refractivity contribution in [2.45, 2.75) is 26.4 Å². The van der Waals surface area contributed by atoms with Crippen molar-refractivity contribution in [3.05, 3.63) is 45.9 Å². The monoisotopic (exact) mass is 319 g/mol. The standard InChI is InChI=1S/C17H25N3O3/c1-3-13(2)11-20-9-10-23-14(12-20)7-8-18-17(22)15-5-4-6-16(21)19-15/h3-6,14H,7-12H2,1-2H3,(H,18,22)(H,19,21)/b13-3+. The molecule has 23 heavy (non-hydrogen) atoms. The molecule has 1 aliphatic heterocycles. The fourth-order valence-electron chi connectivity index (χ4n) is 2.56. The number of morpholine rings is 1. The molecule has 2 rings (SSSR count).